The third kappa shape index (κ3) is 4.84. The summed E-state index contributed by atoms with van der Waals surface area (Å²) in [5.74, 6) is 0.919. The third-order valence-corrected chi connectivity index (χ3v) is 3.53. The van der Waals surface area contributed by atoms with Gasteiger partial charge < -0.3 is 15.8 Å². The maximum absolute atomic E-state index is 12.2. The highest BCUT2D eigenvalue weighted by atomic mass is 79.9. The number of nitrogens with one attached hydrogen (secondary N) is 1. The number of anilines is 1. The van der Waals surface area contributed by atoms with Gasteiger partial charge in [-0.1, -0.05) is 13.8 Å². The fourth-order valence-corrected chi connectivity index (χ4v) is 2.19. The third-order valence-electron chi connectivity index (χ3n) is 2.84. The maximum Gasteiger partial charge on any atom is 0.228 e. The van der Waals surface area contributed by atoms with Gasteiger partial charge in [0.05, 0.1) is 18.7 Å². The Morgan fingerprint density at radius 1 is 1.47 bits per heavy atom. The molecule has 19 heavy (non-hydrogen) atoms. The summed E-state index contributed by atoms with van der Waals surface area (Å²) in [5, 5.41) is 2.90. The average Bonchev–Trinajstić information content (AvgIpc) is 2.38. The average molecular weight is 329 g/mol. The molecule has 1 aromatic rings. The van der Waals surface area contributed by atoms with Crippen LogP contribution in [-0.2, 0) is 4.79 Å². The van der Waals surface area contributed by atoms with E-state index in [1.807, 2.05) is 12.1 Å². The molecule has 1 atom stereocenters. The number of nitrogens with two attached hydrogens (primary N) is 1. The molecule has 0 spiro atoms. The van der Waals surface area contributed by atoms with Crippen LogP contribution in [0.2, 0.25) is 0 Å². The number of amides is 1. The molecule has 4 nitrogen and oxygen atoms in total. The zero-order chi connectivity index (χ0) is 14.4. The number of carbonyl (C=O) groups excluding carboxylic acids is 1. The molecule has 0 aromatic heterocycles. The monoisotopic (exact) mass is 328 g/mol. The van der Waals surface area contributed by atoms with Crippen molar-refractivity contribution in [2.75, 3.05) is 19.0 Å². The van der Waals surface area contributed by atoms with Crippen LogP contribution in [0.15, 0.2) is 22.7 Å². The number of hydrogen-bond donors (Lipinski definition) is 2. The van der Waals surface area contributed by atoms with E-state index in [9.17, 15) is 4.79 Å². The van der Waals surface area contributed by atoms with Gasteiger partial charge in [0.1, 0.15) is 5.75 Å². The van der Waals surface area contributed by atoms with Crippen LogP contribution in [0, 0.1) is 11.8 Å². The zero-order valence-electron chi connectivity index (χ0n) is 11.6. The van der Waals surface area contributed by atoms with Crippen molar-refractivity contribution in [3.05, 3.63) is 22.7 Å². The van der Waals surface area contributed by atoms with E-state index in [-0.39, 0.29) is 11.8 Å². The molecule has 1 aromatic carbocycles. The van der Waals surface area contributed by atoms with Gasteiger partial charge in [-0.3, -0.25) is 4.79 Å². The Bertz CT molecular complexity index is 435. The molecule has 0 aliphatic rings. The molecule has 5 heteroatoms. The molecule has 0 radical (unpaired) electrons. The maximum atomic E-state index is 12.2. The van der Waals surface area contributed by atoms with Crippen LogP contribution in [0.3, 0.4) is 0 Å². The first kappa shape index (κ1) is 16.0. The molecule has 1 rings (SSSR count). The summed E-state index contributed by atoms with van der Waals surface area (Å²) in [6, 6.07) is 5.45. The summed E-state index contributed by atoms with van der Waals surface area (Å²) in [6.45, 7) is 4.51. The van der Waals surface area contributed by atoms with Gasteiger partial charge in [-0.15, -0.1) is 0 Å². The second-order valence-electron chi connectivity index (χ2n) is 4.90. The SMILES string of the molecule is COc1ccc(Br)c(NC(=O)C(CN)CC(C)C)c1. The van der Waals surface area contributed by atoms with Gasteiger partial charge in [0.15, 0.2) is 0 Å². The largest absolute Gasteiger partial charge is 0.497 e. The van der Waals surface area contributed by atoms with E-state index in [0.29, 0.717) is 23.9 Å². The van der Waals surface area contributed by atoms with Crippen LogP contribution in [-0.4, -0.2) is 19.6 Å². The van der Waals surface area contributed by atoms with Crippen molar-refractivity contribution in [2.45, 2.75) is 20.3 Å². The number of carbonyl (C=O) groups is 1. The number of hydrogen-bond acceptors (Lipinski definition) is 3. The minimum absolute atomic E-state index is 0.0508. The van der Waals surface area contributed by atoms with Crippen LogP contribution < -0.4 is 15.8 Å². The van der Waals surface area contributed by atoms with Gasteiger partial charge in [0.25, 0.3) is 0 Å². The minimum Gasteiger partial charge on any atom is -0.497 e. The van der Waals surface area contributed by atoms with E-state index in [0.717, 1.165) is 10.9 Å². The Morgan fingerprint density at radius 3 is 2.68 bits per heavy atom. The summed E-state index contributed by atoms with van der Waals surface area (Å²) >= 11 is 3.41. The van der Waals surface area contributed by atoms with Crippen LogP contribution in [0.5, 0.6) is 5.75 Å². The number of ether oxygens (including phenoxy) is 1. The van der Waals surface area contributed by atoms with Gasteiger partial charge in [-0.05, 0) is 40.4 Å². The Kier molecular flexibility index (Phi) is 6.31. The fraction of sp³-hybridized carbons (Fsp3) is 0.500. The highest BCUT2D eigenvalue weighted by molar-refractivity contribution is 9.10. The van der Waals surface area contributed by atoms with E-state index >= 15 is 0 Å². The quantitative estimate of drug-likeness (QED) is 0.843. The number of halogens is 1. The van der Waals surface area contributed by atoms with Gasteiger partial charge in [-0.2, -0.15) is 0 Å². The second-order valence-corrected chi connectivity index (χ2v) is 5.75. The molecule has 106 valence electrons. The van der Waals surface area contributed by atoms with Gasteiger partial charge >= 0.3 is 0 Å². The first-order valence-electron chi connectivity index (χ1n) is 6.32. The summed E-state index contributed by atoms with van der Waals surface area (Å²) in [4.78, 5) is 12.2. The number of benzene rings is 1. The Morgan fingerprint density at radius 2 is 2.16 bits per heavy atom. The molecule has 1 amide bonds. The lowest BCUT2D eigenvalue weighted by Crippen LogP contribution is -2.30. The van der Waals surface area contributed by atoms with Crippen molar-refractivity contribution in [3.8, 4) is 5.75 Å². The Labute approximate surface area is 122 Å². The second kappa shape index (κ2) is 7.50. The van der Waals surface area contributed by atoms with Gasteiger partial charge in [0, 0.05) is 17.1 Å². The molecule has 0 bridgehead atoms. The summed E-state index contributed by atoms with van der Waals surface area (Å²) in [5.41, 5.74) is 6.37. The summed E-state index contributed by atoms with van der Waals surface area (Å²) < 4.78 is 5.97. The lowest BCUT2D eigenvalue weighted by atomic mass is 9.96. The number of methoxy groups -OCH3 is 1. The fourth-order valence-electron chi connectivity index (χ4n) is 1.84. The molecule has 0 heterocycles. The van der Waals surface area contributed by atoms with E-state index < -0.39 is 0 Å². The molecule has 0 aliphatic heterocycles. The molecule has 0 saturated heterocycles. The van der Waals surface area contributed by atoms with Crippen LogP contribution in [0.25, 0.3) is 0 Å². The highest BCUT2D eigenvalue weighted by Gasteiger charge is 2.19. The first-order chi connectivity index (χ1) is 8.97. The number of rotatable bonds is 6. The van der Waals surface area contributed by atoms with Crippen molar-refractivity contribution in [1.29, 1.82) is 0 Å². The van der Waals surface area contributed by atoms with Gasteiger partial charge in [-0.25, -0.2) is 0 Å². The highest BCUT2D eigenvalue weighted by Crippen LogP contribution is 2.27. The van der Waals surface area contributed by atoms with Crippen molar-refractivity contribution in [1.82, 2.24) is 0 Å². The zero-order valence-corrected chi connectivity index (χ0v) is 13.2. The predicted molar refractivity (Wildman–Crippen MR) is 81.3 cm³/mol. The first-order valence-corrected chi connectivity index (χ1v) is 7.11. The van der Waals surface area contributed by atoms with Gasteiger partial charge in [0.2, 0.25) is 5.91 Å². The van der Waals surface area contributed by atoms with E-state index in [4.69, 9.17) is 10.5 Å². The molecule has 3 N–H and O–H groups in total. The molecule has 0 fully saturated rings. The standard InChI is InChI=1S/C14H21BrN2O2/c1-9(2)6-10(8-16)14(18)17-13-7-11(19-3)4-5-12(13)15/h4-5,7,9-10H,6,8,16H2,1-3H3,(H,17,18). The Balaban J connectivity index is 2.80. The van der Waals surface area contributed by atoms with E-state index in [1.165, 1.54) is 0 Å². The molecule has 0 saturated carbocycles. The molecule has 1 unspecified atom stereocenters. The minimum atomic E-state index is -0.168. The molecular weight excluding hydrogens is 308 g/mol. The molecular formula is C14H21BrN2O2. The van der Waals surface area contributed by atoms with Crippen molar-refractivity contribution in [2.24, 2.45) is 17.6 Å². The van der Waals surface area contributed by atoms with Crippen LogP contribution >= 0.6 is 15.9 Å². The lowest BCUT2D eigenvalue weighted by molar-refractivity contribution is -0.120. The van der Waals surface area contributed by atoms with Crippen LogP contribution in [0.4, 0.5) is 5.69 Å². The Hall–Kier alpha value is -1.07. The van der Waals surface area contributed by atoms with E-state index in [2.05, 4.69) is 35.1 Å². The van der Waals surface area contributed by atoms with Crippen LogP contribution in [0.1, 0.15) is 20.3 Å². The summed E-state index contributed by atoms with van der Waals surface area (Å²) in [7, 11) is 1.59. The topological polar surface area (TPSA) is 64.3 Å². The van der Waals surface area contributed by atoms with Crippen molar-refractivity contribution < 1.29 is 9.53 Å². The van der Waals surface area contributed by atoms with Crippen molar-refractivity contribution in [3.63, 3.8) is 0 Å². The summed E-state index contributed by atoms with van der Waals surface area (Å²) in [6.07, 6.45) is 0.782. The smallest absolute Gasteiger partial charge is 0.228 e. The van der Waals surface area contributed by atoms with Crippen molar-refractivity contribution >= 4 is 27.5 Å². The molecule has 0 aliphatic carbocycles. The normalized spacial score (nSPS) is 12.3. The van der Waals surface area contributed by atoms with E-state index in [1.54, 1.807) is 13.2 Å². The lowest BCUT2D eigenvalue weighted by Gasteiger charge is -2.17. The predicted octanol–water partition coefficient (Wildman–Crippen LogP) is 3.02.